The lowest BCUT2D eigenvalue weighted by Crippen LogP contribution is -2.20. The summed E-state index contributed by atoms with van der Waals surface area (Å²) in [5.41, 5.74) is 6.99. The first-order valence-corrected chi connectivity index (χ1v) is 8.17. The fraction of sp³-hybridized carbons (Fsp3) is 0.125. The molecule has 124 valence electrons. The van der Waals surface area contributed by atoms with Gasteiger partial charge in [-0.3, -0.25) is 4.79 Å². The van der Waals surface area contributed by atoms with Crippen molar-refractivity contribution in [2.24, 2.45) is 0 Å². The van der Waals surface area contributed by atoms with Gasteiger partial charge in [0.25, 0.3) is 5.91 Å². The van der Waals surface area contributed by atoms with Crippen molar-refractivity contribution >= 4 is 49.9 Å². The largest absolute Gasteiger partial charge is 0.494 e. The Bertz CT molecular complexity index is 880. The predicted molar refractivity (Wildman–Crippen MR) is 96.2 cm³/mol. The van der Waals surface area contributed by atoms with E-state index in [1.54, 1.807) is 43.5 Å². The van der Waals surface area contributed by atoms with Crippen LogP contribution in [0.4, 0.5) is 10.8 Å². The van der Waals surface area contributed by atoms with Gasteiger partial charge < -0.3 is 20.5 Å². The molecule has 3 rings (SSSR count). The summed E-state index contributed by atoms with van der Waals surface area (Å²) in [6.07, 6.45) is 0. The van der Waals surface area contributed by atoms with E-state index in [0.717, 1.165) is 4.70 Å². The molecule has 0 saturated heterocycles. The Morgan fingerprint density at radius 2 is 2.08 bits per heavy atom. The van der Waals surface area contributed by atoms with Crippen molar-refractivity contribution in [3.8, 4) is 11.5 Å². The van der Waals surface area contributed by atoms with Gasteiger partial charge in [-0.2, -0.15) is 0 Å². The zero-order chi connectivity index (χ0) is 17.1. The number of carbonyl (C=O) groups is 1. The molecule has 0 spiro atoms. The Balaban J connectivity index is 1.69. The van der Waals surface area contributed by atoms with Gasteiger partial charge in [-0.15, -0.1) is 0 Å². The first kappa shape index (κ1) is 16.4. The van der Waals surface area contributed by atoms with Crippen LogP contribution in [0.2, 0.25) is 5.02 Å². The van der Waals surface area contributed by atoms with Crippen molar-refractivity contribution in [3.05, 3.63) is 41.4 Å². The topological polar surface area (TPSA) is 86.5 Å². The van der Waals surface area contributed by atoms with E-state index in [1.807, 2.05) is 0 Å². The molecule has 1 aromatic heterocycles. The van der Waals surface area contributed by atoms with E-state index in [1.165, 1.54) is 11.3 Å². The average Bonchev–Trinajstić information content (AvgIpc) is 2.93. The molecule has 8 heteroatoms. The highest BCUT2D eigenvalue weighted by Crippen LogP contribution is 2.34. The molecule has 2 aromatic carbocycles. The van der Waals surface area contributed by atoms with Crippen LogP contribution in [0.15, 0.2) is 36.4 Å². The van der Waals surface area contributed by atoms with Gasteiger partial charge in [0.15, 0.2) is 11.7 Å². The molecule has 0 radical (unpaired) electrons. The number of nitrogens with two attached hydrogens (primary N) is 1. The highest BCUT2D eigenvalue weighted by atomic mass is 35.5. The smallest absolute Gasteiger partial charge is 0.262 e. The normalized spacial score (nSPS) is 10.6. The van der Waals surface area contributed by atoms with Crippen LogP contribution in [-0.2, 0) is 4.79 Å². The van der Waals surface area contributed by atoms with E-state index in [2.05, 4.69) is 10.3 Å². The highest BCUT2D eigenvalue weighted by molar-refractivity contribution is 7.22. The average molecular weight is 364 g/mol. The summed E-state index contributed by atoms with van der Waals surface area (Å²) in [7, 11) is 1.54. The Kier molecular flexibility index (Phi) is 4.73. The molecule has 1 heterocycles. The maximum Gasteiger partial charge on any atom is 0.262 e. The van der Waals surface area contributed by atoms with Crippen LogP contribution in [0.25, 0.3) is 10.2 Å². The summed E-state index contributed by atoms with van der Waals surface area (Å²) in [6, 6.07) is 10.3. The van der Waals surface area contributed by atoms with E-state index in [4.69, 9.17) is 26.8 Å². The standard InChI is InChI=1S/C16H14ClN3O3S/c1-22-12-6-10(7-13-15(12)20-16(18)24-13)19-14(21)8-23-11-4-2-9(17)3-5-11/h2-7H,8H2,1H3,(H2,18,20)(H,19,21). The van der Waals surface area contributed by atoms with E-state index in [0.29, 0.717) is 32.9 Å². The van der Waals surface area contributed by atoms with E-state index >= 15 is 0 Å². The van der Waals surface area contributed by atoms with Crippen LogP contribution in [0.5, 0.6) is 11.5 Å². The van der Waals surface area contributed by atoms with E-state index in [-0.39, 0.29) is 12.5 Å². The minimum atomic E-state index is -0.288. The monoisotopic (exact) mass is 363 g/mol. The van der Waals surface area contributed by atoms with Gasteiger partial charge in [0.05, 0.1) is 11.8 Å². The Hall–Kier alpha value is -2.51. The van der Waals surface area contributed by atoms with Crippen molar-refractivity contribution in [1.82, 2.24) is 4.98 Å². The third-order valence-corrected chi connectivity index (χ3v) is 4.25. The molecule has 3 N–H and O–H groups in total. The van der Waals surface area contributed by atoms with Gasteiger partial charge in [-0.1, -0.05) is 22.9 Å². The van der Waals surface area contributed by atoms with E-state index < -0.39 is 0 Å². The second-order valence-corrected chi connectivity index (χ2v) is 6.37. The predicted octanol–water partition coefficient (Wildman–Crippen LogP) is 3.56. The number of benzene rings is 2. The number of hydrogen-bond donors (Lipinski definition) is 2. The number of nitrogens with one attached hydrogen (secondary N) is 1. The lowest BCUT2D eigenvalue weighted by molar-refractivity contribution is -0.118. The van der Waals surface area contributed by atoms with Crippen LogP contribution in [0.1, 0.15) is 0 Å². The second-order valence-electron chi connectivity index (χ2n) is 4.87. The molecule has 0 aliphatic rings. The SMILES string of the molecule is COc1cc(NC(=O)COc2ccc(Cl)cc2)cc2sc(N)nc12. The molecule has 0 unspecified atom stereocenters. The minimum absolute atomic E-state index is 0.118. The van der Waals surface area contributed by atoms with Crippen molar-refractivity contribution in [2.75, 3.05) is 24.8 Å². The van der Waals surface area contributed by atoms with Gasteiger partial charge in [-0.25, -0.2) is 4.98 Å². The maximum atomic E-state index is 12.1. The number of amides is 1. The number of thiazole rings is 1. The third-order valence-electron chi connectivity index (χ3n) is 3.16. The summed E-state index contributed by atoms with van der Waals surface area (Å²) in [6.45, 7) is -0.118. The molecule has 0 aliphatic carbocycles. The first-order valence-electron chi connectivity index (χ1n) is 6.97. The van der Waals surface area contributed by atoms with Crippen LogP contribution in [-0.4, -0.2) is 24.6 Å². The number of rotatable bonds is 5. The van der Waals surface area contributed by atoms with Gasteiger partial charge in [0, 0.05) is 16.8 Å². The molecule has 0 fully saturated rings. The second kappa shape index (κ2) is 6.94. The van der Waals surface area contributed by atoms with Gasteiger partial charge in [0.2, 0.25) is 0 Å². The van der Waals surface area contributed by atoms with Gasteiger partial charge >= 0.3 is 0 Å². The minimum Gasteiger partial charge on any atom is -0.494 e. The molecule has 0 aliphatic heterocycles. The molecule has 0 bridgehead atoms. The molecular formula is C16H14ClN3O3S. The van der Waals surface area contributed by atoms with Crippen molar-refractivity contribution in [2.45, 2.75) is 0 Å². The number of fused-ring (bicyclic) bond motifs is 1. The van der Waals surface area contributed by atoms with Crippen LogP contribution < -0.4 is 20.5 Å². The molecule has 24 heavy (non-hydrogen) atoms. The fourth-order valence-corrected chi connectivity index (χ4v) is 3.04. The maximum absolute atomic E-state index is 12.1. The molecular weight excluding hydrogens is 350 g/mol. The lowest BCUT2D eigenvalue weighted by Gasteiger charge is -2.09. The number of nitrogens with zero attached hydrogens (tertiary/aromatic N) is 1. The molecule has 0 atom stereocenters. The Morgan fingerprint density at radius 3 is 2.79 bits per heavy atom. The van der Waals surface area contributed by atoms with Gasteiger partial charge in [-0.05, 0) is 30.3 Å². The highest BCUT2D eigenvalue weighted by Gasteiger charge is 2.12. The number of anilines is 2. The number of nitrogen functional groups attached to an aromatic ring is 1. The van der Waals surface area contributed by atoms with Crippen LogP contribution in [0.3, 0.4) is 0 Å². The molecule has 1 amide bonds. The van der Waals surface area contributed by atoms with Crippen LogP contribution >= 0.6 is 22.9 Å². The Morgan fingerprint density at radius 1 is 1.33 bits per heavy atom. The van der Waals surface area contributed by atoms with Crippen molar-refractivity contribution in [3.63, 3.8) is 0 Å². The summed E-state index contributed by atoms with van der Waals surface area (Å²) in [5, 5.41) is 3.82. The van der Waals surface area contributed by atoms with Gasteiger partial charge in [0.1, 0.15) is 17.0 Å². The zero-order valence-electron chi connectivity index (χ0n) is 12.7. The lowest BCUT2D eigenvalue weighted by atomic mass is 10.2. The zero-order valence-corrected chi connectivity index (χ0v) is 14.3. The quantitative estimate of drug-likeness (QED) is 0.723. The first-order chi connectivity index (χ1) is 11.5. The Labute approximate surface area is 147 Å². The van der Waals surface area contributed by atoms with Crippen LogP contribution in [0, 0.1) is 0 Å². The number of methoxy groups -OCH3 is 1. The third kappa shape index (κ3) is 3.69. The number of aromatic nitrogens is 1. The number of hydrogen-bond acceptors (Lipinski definition) is 6. The summed E-state index contributed by atoms with van der Waals surface area (Å²) >= 11 is 7.13. The molecule has 6 nitrogen and oxygen atoms in total. The molecule has 0 saturated carbocycles. The van der Waals surface area contributed by atoms with E-state index in [9.17, 15) is 4.79 Å². The number of carbonyl (C=O) groups excluding carboxylic acids is 1. The summed E-state index contributed by atoms with van der Waals surface area (Å²) in [4.78, 5) is 16.3. The fourth-order valence-electron chi connectivity index (χ4n) is 2.12. The summed E-state index contributed by atoms with van der Waals surface area (Å²) < 4.78 is 11.5. The molecule has 3 aromatic rings. The number of halogens is 1. The summed E-state index contributed by atoms with van der Waals surface area (Å²) in [5.74, 6) is 0.830. The van der Waals surface area contributed by atoms with Crippen molar-refractivity contribution < 1.29 is 14.3 Å². The number of ether oxygens (including phenoxy) is 2. The van der Waals surface area contributed by atoms with Crippen molar-refractivity contribution in [1.29, 1.82) is 0 Å².